The number of hydrogen-bond donors (Lipinski definition) is 1. The summed E-state index contributed by atoms with van der Waals surface area (Å²) in [5.41, 5.74) is 2.37. The summed E-state index contributed by atoms with van der Waals surface area (Å²) >= 11 is 0. The highest BCUT2D eigenvalue weighted by Crippen LogP contribution is 2.27. The summed E-state index contributed by atoms with van der Waals surface area (Å²) in [6, 6.07) is 8.15. The Kier molecular flexibility index (Phi) is 3.57. The van der Waals surface area contributed by atoms with E-state index in [1.165, 1.54) is 5.56 Å². The van der Waals surface area contributed by atoms with Crippen LogP contribution in [0.1, 0.15) is 18.9 Å². The van der Waals surface area contributed by atoms with E-state index in [4.69, 9.17) is 0 Å². The highest BCUT2D eigenvalue weighted by molar-refractivity contribution is 5.96. The molecule has 0 saturated carbocycles. The van der Waals surface area contributed by atoms with E-state index < -0.39 is 0 Å². The lowest BCUT2D eigenvalue weighted by Gasteiger charge is -2.17. The standard InChI is InChI=1S/C13H18N2O/c1-2-8-14-10-13(16)15-9-7-11-5-3-4-6-12(11)15/h3-6,14H,2,7-10H2,1H3. The van der Waals surface area contributed by atoms with Crippen LogP contribution in [-0.4, -0.2) is 25.5 Å². The highest BCUT2D eigenvalue weighted by Gasteiger charge is 2.23. The largest absolute Gasteiger partial charge is 0.311 e. The van der Waals surface area contributed by atoms with Crippen LogP contribution < -0.4 is 10.2 Å². The minimum atomic E-state index is 0.179. The molecule has 0 saturated heterocycles. The number of para-hydroxylation sites is 1. The molecule has 1 aromatic carbocycles. The first-order valence-corrected chi connectivity index (χ1v) is 5.92. The lowest BCUT2D eigenvalue weighted by atomic mass is 10.2. The minimum absolute atomic E-state index is 0.179. The van der Waals surface area contributed by atoms with Crippen molar-refractivity contribution in [2.75, 3.05) is 24.5 Å². The quantitative estimate of drug-likeness (QED) is 0.778. The zero-order chi connectivity index (χ0) is 11.4. The zero-order valence-electron chi connectivity index (χ0n) is 9.70. The SMILES string of the molecule is CCCNCC(=O)N1CCc2ccccc21. The van der Waals surface area contributed by atoms with Gasteiger partial charge < -0.3 is 10.2 Å². The van der Waals surface area contributed by atoms with Crippen molar-refractivity contribution in [1.82, 2.24) is 5.32 Å². The Morgan fingerprint density at radius 3 is 3.06 bits per heavy atom. The maximum atomic E-state index is 11.9. The van der Waals surface area contributed by atoms with Gasteiger partial charge in [0.05, 0.1) is 6.54 Å². The number of rotatable bonds is 4. The Bertz CT molecular complexity index is 376. The van der Waals surface area contributed by atoms with Crippen molar-refractivity contribution in [3.05, 3.63) is 29.8 Å². The molecule has 0 atom stereocenters. The van der Waals surface area contributed by atoms with Crippen LogP contribution in [0.25, 0.3) is 0 Å². The molecule has 2 rings (SSSR count). The molecule has 86 valence electrons. The number of carbonyl (C=O) groups excluding carboxylic acids is 1. The van der Waals surface area contributed by atoms with Crippen molar-refractivity contribution < 1.29 is 4.79 Å². The van der Waals surface area contributed by atoms with Gasteiger partial charge in [0.1, 0.15) is 0 Å². The van der Waals surface area contributed by atoms with E-state index in [1.54, 1.807) is 0 Å². The third kappa shape index (κ3) is 2.25. The van der Waals surface area contributed by atoms with Gasteiger partial charge in [-0.05, 0) is 31.0 Å². The van der Waals surface area contributed by atoms with Crippen molar-refractivity contribution in [2.24, 2.45) is 0 Å². The van der Waals surface area contributed by atoms with E-state index in [9.17, 15) is 4.79 Å². The van der Waals surface area contributed by atoms with E-state index in [-0.39, 0.29) is 5.91 Å². The maximum Gasteiger partial charge on any atom is 0.240 e. The van der Waals surface area contributed by atoms with Gasteiger partial charge in [0.2, 0.25) is 5.91 Å². The monoisotopic (exact) mass is 218 g/mol. The summed E-state index contributed by atoms with van der Waals surface area (Å²) in [5.74, 6) is 0.179. The lowest BCUT2D eigenvalue weighted by Crippen LogP contribution is -2.37. The third-order valence-corrected chi connectivity index (χ3v) is 2.89. The van der Waals surface area contributed by atoms with Crippen LogP contribution in [0.15, 0.2) is 24.3 Å². The zero-order valence-corrected chi connectivity index (χ0v) is 9.70. The minimum Gasteiger partial charge on any atom is -0.311 e. The molecule has 0 bridgehead atoms. The van der Waals surface area contributed by atoms with Crippen molar-refractivity contribution in [3.63, 3.8) is 0 Å². The molecule has 1 aromatic rings. The molecule has 1 amide bonds. The summed E-state index contributed by atoms with van der Waals surface area (Å²) in [5, 5.41) is 3.15. The third-order valence-electron chi connectivity index (χ3n) is 2.89. The van der Waals surface area contributed by atoms with Crippen molar-refractivity contribution in [1.29, 1.82) is 0 Å². The molecule has 0 aromatic heterocycles. The molecule has 16 heavy (non-hydrogen) atoms. The molecular weight excluding hydrogens is 200 g/mol. The van der Waals surface area contributed by atoms with Crippen LogP contribution in [0.3, 0.4) is 0 Å². The van der Waals surface area contributed by atoms with Gasteiger partial charge in [-0.15, -0.1) is 0 Å². The van der Waals surface area contributed by atoms with E-state index in [2.05, 4.69) is 18.3 Å². The second-order valence-electron chi connectivity index (χ2n) is 4.10. The topological polar surface area (TPSA) is 32.3 Å². The van der Waals surface area contributed by atoms with E-state index in [1.807, 2.05) is 23.1 Å². The molecule has 1 N–H and O–H groups in total. The molecule has 3 heteroatoms. The number of benzene rings is 1. The number of anilines is 1. The van der Waals surface area contributed by atoms with Crippen LogP contribution in [0.2, 0.25) is 0 Å². The average Bonchev–Trinajstić information content (AvgIpc) is 2.73. The lowest BCUT2D eigenvalue weighted by molar-refractivity contribution is -0.117. The van der Waals surface area contributed by atoms with Crippen LogP contribution in [0, 0.1) is 0 Å². The smallest absolute Gasteiger partial charge is 0.240 e. The van der Waals surface area contributed by atoms with Gasteiger partial charge in [-0.25, -0.2) is 0 Å². The first-order valence-electron chi connectivity index (χ1n) is 5.92. The second kappa shape index (κ2) is 5.12. The normalized spacial score (nSPS) is 13.9. The fraction of sp³-hybridized carbons (Fsp3) is 0.462. The van der Waals surface area contributed by atoms with Gasteiger partial charge in [0.25, 0.3) is 0 Å². The van der Waals surface area contributed by atoms with Crippen LogP contribution in [0.5, 0.6) is 0 Å². The summed E-state index contributed by atoms with van der Waals surface area (Å²) < 4.78 is 0. The van der Waals surface area contributed by atoms with E-state index >= 15 is 0 Å². The molecule has 0 unspecified atom stereocenters. The van der Waals surface area contributed by atoms with Crippen LogP contribution in [0.4, 0.5) is 5.69 Å². The molecule has 0 spiro atoms. The van der Waals surface area contributed by atoms with Gasteiger partial charge in [-0.1, -0.05) is 25.1 Å². The predicted octanol–water partition coefficient (Wildman–Crippen LogP) is 1.58. The highest BCUT2D eigenvalue weighted by atomic mass is 16.2. The average molecular weight is 218 g/mol. The Balaban J connectivity index is 1.99. The number of carbonyl (C=O) groups is 1. The van der Waals surface area contributed by atoms with Gasteiger partial charge >= 0.3 is 0 Å². The molecular formula is C13H18N2O. The Morgan fingerprint density at radius 2 is 2.25 bits per heavy atom. The molecule has 1 aliphatic rings. The molecule has 0 radical (unpaired) electrons. The van der Waals surface area contributed by atoms with Gasteiger partial charge in [-0.2, -0.15) is 0 Å². The number of fused-ring (bicyclic) bond motifs is 1. The summed E-state index contributed by atoms with van der Waals surface area (Å²) in [4.78, 5) is 13.8. The molecule has 1 heterocycles. The second-order valence-corrected chi connectivity index (χ2v) is 4.10. The van der Waals surface area contributed by atoms with E-state index in [0.29, 0.717) is 6.54 Å². The van der Waals surface area contributed by atoms with Crippen LogP contribution >= 0.6 is 0 Å². The number of nitrogens with one attached hydrogen (secondary N) is 1. The van der Waals surface area contributed by atoms with Gasteiger partial charge in [-0.3, -0.25) is 4.79 Å². The summed E-state index contributed by atoms with van der Waals surface area (Å²) in [6.07, 6.45) is 2.04. The molecule has 1 aliphatic heterocycles. The van der Waals surface area contributed by atoms with Crippen LogP contribution in [-0.2, 0) is 11.2 Å². The Labute approximate surface area is 96.5 Å². The fourth-order valence-corrected chi connectivity index (χ4v) is 2.06. The van der Waals surface area contributed by atoms with Gasteiger partial charge in [0, 0.05) is 12.2 Å². The van der Waals surface area contributed by atoms with Crippen molar-refractivity contribution in [3.8, 4) is 0 Å². The summed E-state index contributed by atoms with van der Waals surface area (Å²) in [6.45, 7) is 4.28. The Hall–Kier alpha value is -1.35. The predicted molar refractivity (Wildman–Crippen MR) is 65.7 cm³/mol. The number of nitrogens with zero attached hydrogens (tertiary/aromatic N) is 1. The maximum absolute atomic E-state index is 11.9. The molecule has 0 aliphatic carbocycles. The Morgan fingerprint density at radius 1 is 1.44 bits per heavy atom. The molecule has 0 fully saturated rings. The first kappa shape index (κ1) is 11.1. The van der Waals surface area contributed by atoms with Gasteiger partial charge in [0.15, 0.2) is 0 Å². The first-order chi connectivity index (χ1) is 7.83. The van der Waals surface area contributed by atoms with E-state index in [0.717, 1.165) is 31.6 Å². The van der Waals surface area contributed by atoms with Crippen molar-refractivity contribution in [2.45, 2.75) is 19.8 Å². The number of hydrogen-bond acceptors (Lipinski definition) is 2. The molecule has 3 nitrogen and oxygen atoms in total. The van der Waals surface area contributed by atoms with Crippen molar-refractivity contribution >= 4 is 11.6 Å². The number of amides is 1. The fourth-order valence-electron chi connectivity index (χ4n) is 2.06. The summed E-state index contributed by atoms with van der Waals surface area (Å²) in [7, 11) is 0.